The smallest absolute Gasteiger partial charge is 0.306 e. The molecule has 1 saturated carbocycles. The minimum absolute atomic E-state index is 0.0273. The van der Waals surface area contributed by atoms with Crippen LogP contribution in [0, 0.1) is 16.7 Å². The van der Waals surface area contributed by atoms with Gasteiger partial charge in [0.05, 0.1) is 12.5 Å². The Morgan fingerprint density at radius 1 is 1.26 bits per heavy atom. The van der Waals surface area contributed by atoms with E-state index >= 15 is 0 Å². The zero-order valence-corrected chi connectivity index (χ0v) is 11.9. The first-order valence-electron chi connectivity index (χ1n) is 7.15. The molecule has 0 radical (unpaired) electrons. The summed E-state index contributed by atoms with van der Waals surface area (Å²) < 4.78 is 10.9. The summed E-state index contributed by atoms with van der Waals surface area (Å²) in [5.74, 6) is 0.318. The van der Waals surface area contributed by atoms with E-state index in [0.29, 0.717) is 12.3 Å². The lowest BCUT2D eigenvalue weighted by Crippen LogP contribution is -2.50. The molecule has 3 atom stereocenters. The van der Waals surface area contributed by atoms with Gasteiger partial charge in [-0.3, -0.25) is 4.79 Å². The highest BCUT2D eigenvalue weighted by atomic mass is 16.5. The first-order chi connectivity index (χ1) is 8.93. The van der Waals surface area contributed by atoms with Crippen LogP contribution < -0.4 is 0 Å². The van der Waals surface area contributed by atoms with E-state index in [4.69, 9.17) is 9.15 Å². The van der Waals surface area contributed by atoms with Crippen molar-refractivity contribution in [1.29, 1.82) is 0 Å². The minimum atomic E-state index is -0.155. The third-order valence-electron chi connectivity index (χ3n) is 5.34. The third kappa shape index (κ3) is 1.90. The molecule has 0 spiro atoms. The molecule has 1 aliphatic heterocycles. The summed E-state index contributed by atoms with van der Waals surface area (Å²) >= 11 is 0. The van der Waals surface area contributed by atoms with Crippen LogP contribution in [0.3, 0.4) is 0 Å². The quantitative estimate of drug-likeness (QED) is 0.715. The lowest BCUT2D eigenvalue weighted by molar-refractivity contribution is -0.191. The van der Waals surface area contributed by atoms with Gasteiger partial charge in [0.15, 0.2) is 0 Å². The molecule has 0 bridgehead atoms. The van der Waals surface area contributed by atoms with Crippen LogP contribution in [0.5, 0.6) is 0 Å². The van der Waals surface area contributed by atoms with Crippen molar-refractivity contribution in [3.63, 3.8) is 0 Å². The summed E-state index contributed by atoms with van der Waals surface area (Å²) in [7, 11) is 0. The van der Waals surface area contributed by atoms with Crippen molar-refractivity contribution in [3.05, 3.63) is 24.2 Å². The van der Waals surface area contributed by atoms with E-state index in [1.165, 1.54) is 12.8 Å². The number of hydrogen-bond acceptors (Lipinski definition) is 3. The molecule has 0 unspecified atom stereocenters. The summed E-state index contributed by atoms with van der Waals surface area (Å²) in [4.78, 5) is 12.0. The number of fused-ring (bicyclic) bond motifs is 1. The maximum atomic E-state index is 12.0. The predicted octanol–water partition coefficient (Wildman–Crippen LogP) is 4.10. The lowest BCUT2D eigenvalue weighted by atomic mass is 9.52. The van der Waals surface area contributed by atoms with Gasteiger partial charge in [0.1, 0.15) is 6.10 Å². The highest BCUT2D eigenvalue weighted by Crippen LogP contribution is 2.60. The van der Waals surface area contributed by atoms with Crippen molar-refractivity contribution < 1.29 is 13.9 Å². The van der Waals surface area contributed by atoms with Crippen molar-refractivity contribution in [2.24, 2.45) is 16.7 Å². The van der Waals surface area contributed by atoms with E-state index in [-0.39, 0.29) is 22.9 Å². The van der Waals surface area contributed by atoms with Crippen molar-refractivity contribution >= 4 is 5.97 Å². The van der Waals surface area contributed by atoms with Crippen molar-refractivity contribution in [1.82, 2.24) is 0 Å². The Kier molecular flexibility index (Phi) is 2.77. The van der Waals surface area contributed by atoms with Gasteiger partial charge in [0, 0.05) is 17.4 Å². The van der Waals surface area contributed by atoms with Gasteiger partial charge in [-0.15, -0.1) is 0 Å². The summed E-state index contributed by atoms with van der Waals surface area (Å²) in [6.07, 6.45) is 7.28. The second-order valence-corrected chi connectivity index (χ2v) is 7.03. The van der Waals surface area contributed by atoms with E-state index in [9.17, 15) is 4.79 Å². The summed E-state index contributed by atoms with van der Waals surface area (Å²) in [5, 5.41) is 0. The van der Waals surface area contributed by atoms with E-state index in [1.54, 1.807) is 12.5 Å². The van der Waals surface area contributed by atoms with Crippen LogP contribution in [-0.4, -0.2) is 5.97 Å². The van der Waals surface area contributed by atoms with Crippen LogP contribution in [-0.2, 0) is 9.53 Å². The molecular weight excluding hydrogens is 240 g/mol. The molecule has 0 aromatic carbocycles. The number of hydrogen-bond donors (Lipinski definition) is 0. The van der Waals surface area contributed by atoms with Crippen LogP contribution in [0.25, 0.3) is 0 Å². The molecule has 2 aliphatic rings. The average Bonchev–Trinajstić information content (AvgIpc) is 2.83. The molecule has 2 fully saturated rings. The first kappa shape index (κ1) is 12.8. The summed E-state index contributed by atoms with van der Waals surface area (Å²) in [6, 6.07) is 1.92. The molecule has 0 amide bonds. The number of rotatable bonds is 1. The fourth-order valence-electron chi connectivity index (χ4n) is 4.34. The Hall–Kier alpha value is -1.25. The van der Waals surface area contributed by atoms with Gasteiger partial charge >= 0.3 is 5.97 Å². The van der Waals surface area contributed by atoms with Gasteiger partial charge in [-0.2, -0.15) is 0 Å². The zero-order chi connectivity index (χ0) is 13.7. The fraction of sp³-hybridized carbons (Fsp3) is 0.688. The molecule has 2 heterocycles. The highest BCUT2D eigenvalue weighted by molar-refractivity contribution is 5.71. The van der Waals surface area contributed by atoms with Crippen molar-refractivity contribution in [2.45, 2.75) is 52.6 Å². The van der Waals surface area contributed by atoms with Crippen molar-refractivity contribution in [3.8, 4) is 0 Å². The second-order valence-electron chi connectivity index (χ2n) is 7.03. The topological polar surface area (TPSA) is 39.4 Å². The number of furan rings is 1. The Bertz CT molecular complexity index is 474. The second kappa shape index (κ2) is 4.12. The van der Waals surface area contributed by atoms with E-state index in [1.807, 2.05) is 6.07 Å². The summed E-state index contributed by atoms with van der Waals surface area (Å²) in [6.45, 7) is 6.86. The normalized spacial score (nSPS) is 37.5. The van der Waals surface area contributed by atoms with Gasteiger partial charge in [-0.25, -0.2) is 0 Å². The molecule has 1 aromatic rings. The highest BCUT2D eigenvalue weighted by Gasteiger charge is 2.55. The van der Waals surface area contributed by atoms with Gasteiger partial charge < -0.3 is 9.15 Å². The van der Waals surface area contributed by atoms with Crippen molar-refractivity contribution in [2.75, 3.05) is 0 Å². The number of ether oxygens (including phenoxy) is 1. The van der Waals surface area contributed by atoms with Gasteiger partial charge in [0.2, 0.25) is 0 Å². The molecule has 19 heavy (non-hydrogen) atoms. The predicted molar refractivity (Wildman–Crippen MR) is 71.4 cm³/mol. The number of carbonyl (C=O) groups excluding carboxylic acids is 1. The molecule has 104 valence electrons. The van der Waals surface area contributed by atoms with E-state index in [0.717, 1.165) is 12.0 Å². The maximum absolute atomic E-state index is 12.0. The Morgan fingerprint density at radius 2 is 2.05 bits per heavy atom. The largest absolute Gasteiger partial charge is 0.472 e. The summed E-state index contributed by atoms with van der Waals surface area (Å²) in [5.41, 5.74) is 1.23. The third-order valence-corrected chi connectivity index (χ3v) is 5.34. The fourth-order valence-corrected chi connectivity index (χ4v) is 4.34. The van der Waals surface area contributed by atoms with Crippen LogP contribution in [0.15, 0.2) is 23.0 Å². The molecule has 0 N–H and O–H groups in total. The number of cyclic esters (lactones) is 1. The van der Waals surface area contributed by atoms with Gasteiger partial charge in [-0.05, 0) is 30.2 Å². The number of carbonyl (C=O) groups is 1. The Balaban J connectivity index is 2.03. The first-order valence-corrected chi connectivity index (χ1v) is 7.15. The molecule has 1 aromatic heterocycles. The van der Waals surface area contributed by atoms with Crippen LogP contribution in [0.2, 0.25) is 0 Å². The molecule has 1 saturated heterocycles. The Morgan fingerprint density at radius 3 is 2.74 bits per heavy atom. The SMILES string of the molecule is CC1(C)CCC[C@@]2(C)[C@H](c3ccoc3)OC(=O)C[C@@H]12. The molecule has 3 heteroatoms. The molecule has 3 nitrogen and oxygen atoms in total. The maximum Gasteiger partial charge on any atom is 0.306 e. The zero-order valence-electron chi connectivity index (χ0n) is 11.9. The van der Waals surface area contributed by atoms with Crippen LogP contribution in [0.4, 0.5) is 0 Å². The minimum Gasteiger partial charge on any atom is -0.472 e. The van der Waals surface area contributed by atoms with E-state index < -0.39 is 0 Å². The molecular formula is C16H22O3. The standard InChI is InChI=1S/C16H22O3/c1-15(2)6-4-7-16(3)12(15)9-13(17)19-14(16)11-5-8-18-10-11/h5,8,10,12,14H,4,6-7,9H2,1-3H3/t12-,14-,16+/m0/s1. The number of esters is 1. The van der Waals surface area contributed by atoms with Gasteiger partial charge in [0.25, 0.3) is 0 Å². The van der Waals surface area contributed by atoms with Gasteiger partial charge in [-0.1, -0.05) is 27.2 Å². The lowest BCUT2D eigenvalue weighted by Gasteiger charge is -2.55. The van der Waals surface area contributed by atoms with Crippen LogP contribution >= 0.6 is 0 Å². The Labute approximate surface area is 114 Å². The average molecular weight is 262 g/mol. The molecule has 3 rings (SSSR count). The monoisotopic (exact) mass is 262 g/mol. The molecule has 1 aliphatic carbocycles. The van der Waals surface area contributed by atoms with Crippen LogP contribution in [0.1, 0.15) is 58.1 Å². The van der Waals surface area contributed by atoms with E-state index in [2.05, 4.69) is 20.8 Å².